The maximum atomic E-state index is 11.6. The van der Waals surface area contributed by atoms with E-state index in [9.17, 15) is 9.00 Å². The lowest BCUT2D eigenvalue weighted by atomic mass is 10.1. The molecule has 6 heteroatoms. The van der Waals surface area contributed by atoms with Gasteiger partial charge in [-0.15, -0.1) is 0 Å². The lowest BCUT2D eigenvalue weighted by Crippen LogP contribution is -2.27. The van der Waals surface area contributed by atoms with E-state index in [1.165, 1.54) is 5.56 Å². The Morgan fingerprint density at radius 2 is 2.00 bits per heavy atom. The van der Waals surface area contributed by atoms with Gasteiger partial charge in [-0.3, -0.25) is 9.00 Å². The fourth-order valence-electron chi connectivity index (χ4n) is 1.49. The van der Waals surface area contributed by atoms with Crippen molar-refractivity contribution in [3.8, 4) is 0 Å². The molecule has 0 saturated carbocycles. The quantitative estimate of drug-likeness (QED) is 0.672. The van der Waals surface area contributed by atoms with Crippen molar-refractivity contribution in [1.29, 1.82) is 0 Å². The second-order valence-corrected chi connectivity index (χ2v) is 5.69. The summed E-state index contributed by atoms with van der Waals surface area (Å²) in [6, 6.07) is 7.43. The van der Waals surface area contributed by atoms with Crippen LogP contribution < -0.4 is 5.32 Å². The fraction of sp³-hybridized carbons (Fsp3) is 0.462. The Morgan fingerprint density at radius 1 is 1.37 bits per heavy atom. The first-order valence-corrected chi connectivity index (χ1v) is 7.56. The largest absolute Gasteiger partial charge is 0.394 e. The zero-order valence-electron chi connectivity index (χ0n) is 10.8. The monoisotopic (exact) mass is 285 g/mol. The van der Waals surface area contributed by atoms with E-state index in [2.05, 4.69) is 5.32 Å². The summed E-state index contributed by atoms with van der Waals surface area (Å²) in [5.41, 5.74) is 1.83. The number of aliphatic hydroxyl groups excluding tert-OH is 2. The number of rotatable bonds is 7. The van der Waals surface area contributed by atoms with E-state index >= 15 is 0 Å². The average Bonchev–Trinajstić information content (AvgIpc) is 2.39. The zero-order chi connectivity index (χ0) is 14.3. The number of hydrogen-bond acceptors (Lipinski definition) is 4. The average molecular weight is 285 g/mol. The van der Waals surface area contributed by atoms with Gasteiger partial charge >= 0.3 is 0 Å². The van der Waals surface area contributed by atoms with E-state index in [0.717, 1.165) is 6.42 Å². The van der Waals surface area contributed by atoms with Crippen molar-refractivity contribution in [3.05, 3.63) is 29.8 Å². The zero-order valence-corrected chi connectivity index (χ0v) is 11.7. The van der Waals surface area contributed by atoms with E-state index in [0.29, 0.717) is 5.69 Å². The highest BCUT2D eigenvalue weighted by Crippen LogP contribution is 2.09. The Balaban J connectivity index is 2.43. The highest BCUT2D eigenvalue weighted by atomic mass is 32.2. The molecule has 0 aliphatic rings. The Kier molecular flexibility index (Phi) is 6.69. The van der Waals surface area contributed by atoms with Gasteiger partial charge in [0.1, 0.15) is 5.75 Å². The van der Waals surface area contributed by atoms with E-state index in [-0.39, 0.29) is 17.4 Å². The van der Waals surface area contributed by atoms with Gasteiger partial charge in [0.25, 0.3) is 0 Å². The lowest BCUT2D eigenvalue weighted by molar-refractivity contribution is -0.113. The molecule has 0 aromatic heterocycles. The number of benzene rings is 1. The molecule has 2 unspecified atom stereocenters. The van der Waals surface area contributed by atoms with Crippen LogP contribution in [0, 0.1) is 0 Å². The third kappa shape index (κ3) is 5.96. The number of hydrogen-bond donors (Lipinski definition) is 3. The molecule has 0 aliphatic carbocycles. The second kappa shape index (κ2) is 8.04. The van der Waals surface area contributed by atoms with Gasteiger partial charge in [-0.1, -0.05) is 19.1 Å². The molecule has 0 radical (unpaired) electrons. The fourth-order valence-corrected chi connectivity index (χ4v) is 2.51. The van der Waals surface area contributed by atoms with Crippen molar-refractivity contribution in [2.24, 2.45) is 0 Å². The summed E-state index contributed by atoms with van der Waals surface area (Å²) in [5.74, 6) is -0.654. The first kappa shape index (κ1) is 15.8. The predicted molar refractivity (Wildman–Crippen MR) is 75.4 cm³/mol. The van der Waals surface area contributed by atoms with E-state index in [1.54, 1.807) is 12.1 Å². The highest BCUT2D eigenvalue weighted by Gasteiger charge is 2.12. The first-order chi connectivity index (χ1) is 9.05. The van der Waals surface area contributed by atoms with Crippen LogP contribution in [-0.2, 0) is 22.0 Å². The van der Waals surface area contributed by atoms with Gasteiger partial charge in [0.05, 0.1) is 18.5 Å². The van der Waals surface area contributed by atoms with Crippen LogP contribution in [0.25, 0.3) is 0 Å². The van der Waals surface area contributed by atoms with Crippen LogP contribution in [0.1, 0.15) is 12.5 Å². The summed E-state index contributed by atoms with van der Waals surface area (Å²) in [6.07, 6.45) is -0.116. The van der Waals surface area contributed by atoms with E-state index < -0.39 is 23.5 Å². The molecule has 19 heavy (non-hydrogen) atoms. The van der Waals surface area contributed by atoms with E-state index in [4.69, 9.17) is 10.2 Å². The molecular weight excluding hydrogens is 266 g/mol. The Labute approximate surface area is 115 Å². The smallest absolute Gasteiger partial charge is 0.236 e. The maximum Gasteiger partial charge on any atom is 0.236 e. The summed E-state index contributed by atoms with van der Waals surface area (Å²) in [5, 5.41) is 20.4. The molecule has 1 amide bonds. The molecule has 1 rings (SSSR count). The van der Waals surface area contributed by atoms with Gasteiger partial charge in [0.2, 0.25) is 5.91 Å². The summed E-state index contributed by atoms with van der Waals surface area (Å²) in [4.78, 5) is 11.6. The summed E-state index contributed by atoms with van der Waals surface area (Å²) < 4.78 is 11.5. The molecule has 2 atom stereocenters. The summed E-state index contributed by atoms with van der Waals surface area (Å²) in [6.45, 7) is 1.59. The van der Waals surface area contributed by atoms with Crippen LogP contribution in [0.5, 0.6) is 0 Å². The molecule has 0 fully saturated rings. The molecule has 0 saturated heterocycles. The topological polar surface area (TPSA) is 86.6 Å². The maximum absolute atomic E-state index is 11.6. The molecule has 0 heterocycles. The van der Waals surface area contributed by atoms with Gasteiger partial charge in [0.15, 0.2) is 0 Å². The standard InChI is InChI=1S/C13H19NO4S/c1-2-10-3-5-11(6-4-10)14-13(17)9-19(18)8-12(16)7-15/h3-6,12,15-16H,2,7-9H2,1H3,(H,14,17). The van der Waals surface area contributed by atoms with E-state index in [1.807, 2.05) is 19.1 Å². The number of aliphatic hydroxyl groups is 2. The van der Waals surface area contributed by atoms with Crippen molar-refractivity contribution in [2.45, 2.75) is 19.4 Å². The molecular formula is C13H19NO4S. The Morgan fingerprint density at radius 3 is 2.53 bits per heavy atom. The van der Waals surface area contributed by atoms with Crippen molar-refractivity contribution >= 4 is 22.4 Å². The van der Waals surface area contributed by atoms with Crippen LogP contribution in [-0.4, -0.2) is 44.5 Å². The third-order valence-electron chi connectivity index (χ3n) is 2.53. The van der Waals surface area contributed by atoms with Crippen molar-refractivity contribution < 1.29 is 19.2 Å². The Hall–Kier alpha value is -1.24. The molecule has 1 aromatic rings. The predicted octanol–water partition coefficient (Wildman–Crippen LogP) is 0.289. The molecule has 3 N–H and O–H groups in total. The number of nitrogens with one attached hydrogen (secondary N) is 1. The summed E-state index contributed by atoms with van der Waals surface area (Å²) >= 11 is 0. The van der Waals surface area contributed by atoms with Crippen LogP contribution in [0.3, 0.4) is 0 Å². The van der Waals surface area contributed by atoms with Gasteiger partial charge < -0.3 is 15.5 Å². The number of carbonyl (C=O) groups excluding carboxylic acids is 1. The number of anilines is 1. The van der Waals surface area contributed by atoms with Crippen LogP contribution in [0.15, 0.2) is 24.3 Å². The molecule has 0 aliphatic heterocycles. The number of carbonyl (C=O) groups is 1. The van der Waals surface area contributed by atoms with Gasteiger partial charge in [0, 0.05) is 16.5 Å². The lowest BCUT2D eigenvalue weighted by Gasteiger charge is -2.08. The first-order valence-electron chi connectivity index (χ1n) is 6.07. The third-order valence-corrected chi connectivity index (χ3v) is 3.87. The van der Waals surface area contributed by atoms with Gasteiger partial charge in [-0.25, -0.2) is 0 Å². The van der Waals surface area contributed by atoms with Gasteiger partial charge in [-0.2, -0.15) is 0 Å². The molecule has 106 valence electrons. The minimum Gasteiger partial charge on any atom is -0.394 e. The highest BCUT2D eigenvalue weighted by molar-refractivity contribution is 7.85. The van der Waals surface area contributed by atoms with Crippen LogP contribution >= 0.6 is 0 Å². The molecule has 0 bridgehead atoms. The molecule has 1 aromatic carbocycles. The van der Waals surface area contributed by atoms with Crippen molar-refractivity contribution in [3.63, 3.8) is 0 Å². The van der Waals surface area contributed by atoms with Crippen molar-refractivity contribution in [1.82, 2.24) is 0 Å². The number of aryl methyl sites for hydroxylation is 1. The Bertz CT molecular complexity index is 433. The molecule has 5 nitrogen and oxygen atoms in total. The van der Waals surface area contributed by atoms with Gasteiger partial charge in [-0.05, 0) is 24.1 Å². The normalized spacial score (nSPS) is 13.8. The van der Waals surface area contributed by atoms with Crippen LogP contribution in [0.4, 0.5) is 5.69 Å². The molecule has 0 spiro atoms. The SMILES string of the molecule is CCc1ccc(NC(=O)CS(=O)CC(O)CO)cc1. The summed E-state index contributed by atoms with van der Waals surface area (Å²) in [7, 11) is -1.48. The minimum absolute atomic E-state index is 0.0985. The van der Waals surface area contributed by atoms with Crippen molar-refractivity contribution in [2.75, 3.05) is 23.4 Å². The number of amides is 1. The second-order valence-electron chi connectivity index (χ2n) is 4.19. The minimum atomic E-state index is -1.48. The van der Waals surface area contributed by atoms with Crippen LogP contribution in [0.2, 0.25) is 0 Å².